The maximum absolute atomic E-state index is 6.35. The summed E-state index contributed by atoms with van der Waals surface area (Å²) in [5, 5.41) is 4.44. The second-order valence-electron chi connectivity index (χ2n) is 8.29. The zero-order valence-corrected chi connectivity index (χ0v) is 19.7. The Morgan fingerprint density at radius 1 is 0.667 bits per heavy atom. The van der Waals surface area contributed by atoms with Crippen LogP contribution < -0.4 is 4.74 Å². The molecule has 0 aliphatic rings. The number of hydrogen-bond acceptors (Lipinski definition) is 2. The highest BCUT2D eigenvalue weighted by Gasteiger charge is 2.15. The van der Waals surface area contributed by atoms with Crippen LogP contribution in [-0.4, -0.2) is 0 Å². The molecule has 1 atom stereocenters. The molecule has 0 amide bonds. The van der Waals surface area contributed by atoms with Crippen molar-refractivity contribution in [2.45, 2.75) is 11.9 Å². The van der Waals surface area contributed by atoms with E-state index in [-0.39, 0.29) is 5.01 Å². The standard InChI is InChI=1S/C30H21BrO2/c1-19-17-21(22-14-16-29-26(18-22)24-10-4-5-12-28(24)32-29)13-15-27(19)33-30(31)25-11-6-8-20-7-2-3-9-23(20)25/h2-18,30H,1H3. The SMILES string of the molecule is Cc1cc(-c2ccc3oc4ccccc4c3c2)ccc1OC(Br)c1cccc2ccccc12. The van der Waals surface area contributed by atoms with Crippen LogP contribution >= 0.6 is 15.9 Å². The molecule has 0 bridgehead atoms. The number of fused-ring (bicyclic) bond motifs is 4. The lowest BCUT2D eigenvalue weighted by Gasteiger charge is -2.18. The molecule has 3 heteroatoms. The Labute approximate surface area is 200 Å². The molecule has 0 radical (unpaired) electrons. The van der Waals surface area contributed by atoms with Crippen LogP contribution in [0.2, 0.25) is 0 Å². The lowest BCUT2D eigenvalue weighted by Crippen LogP contribution is -2.02. The third-order valence-corrected chi connectivity index (χ3v) is 6.86. The van der Waals surface area contributed by atoms with Crippen LogP contribution in [0.3, 0.4) is 0 Å². The minimum atomic E-state index is -0.234. The summed E-state index contributed by atoms with van der Waals surface area (Å²) in [6.07, 6.45) is 0. The molecule has 0 N–H and O–H groups in total. The minimum Gasteiger partial charge on any atom is -0.474 e. The second-order valence-corrected chi connectivity index (χ2v) is 9.12. The van der Waals surface area contributed by atoms with Crippen LogP contribution in [0, 0.1) is 6.92 Å². The van der Waals surface area contributed by atoms with E-state index in [0.29, 0.717) is 0 Å². The molecule has 6 rings (SSSR count). The van der Waals surface area contributed by atoms with Gasteiger partial charge in [-0.1, -0.05) is 72.8 Å². The van der Waals surface area contributed by atoms with Crippen LogP contribution in [-0.2, 0) is 0 Å². The number of halogens is 1. The predicted octanol–water partition coefficient (Wildman–Crippen LogP) is 9.19. The summed E-state index contributed by atoms with van der Waals surface area (Å²) in [6, 6.07) is 35.6. The van der Waals surface area contributed by atoms with Crippen molar-refractivity contribution in [1.82, 2.24) is 0 Å². The third-order valence-electron chi connectivity index (χ3n) is 6.18. The fraction of sp³-hybridized carbons (Fsp3) is 0.0667. The van der Waals surface area contributed by atoms with Gasteiger partial charge in [-0.15, -0.1) is 0 Å². The quantitative estimate of drug-likeness (QED) is 0.229. The highest BCUT2D eigenvalue weighted by Crippen LogP contribution is 2.36. The number of ether oxygens (including phenoxy) is 1. The van der Waals surface area contributed by atoms with Gasteiger partial charge >= 0.3 is 0 Å². The molecule has 2 nitrogen and oxygen atoms in total. The Morgan fingerprint density at radius 3 is 2.24 bits per heavy atom. The molecule has 160 valence electrons. The predicted molar refractivity (Wildman–Crippen MR) is 140 cm³/mol. The zero-order chi connectivity index (χ0) is 22.4. The van der Waals surface area contributed by atoms with Gasteiger partial charge in [-0.3, -0.25) is 0 Å². The molecular weight excluding hydrogens is 472 g/mol. The van der Waals surface area contributed by atoms with Gasteiger partial charge in [-0.2, -0.15) is 0 Å². The molecule has 0 spiro atoms. The molecule has 0 fully saturated rings. The Morgan fingerprint density at radius 2 is 1.36 bits per heavy atom. The molecule has 33 heavy (non-hydrogen) atoms. The van der Waals surface area contributed by atoms with Crippen LogP contribution in [0.25, 0.3) is 43.8 Å². The van der Waals surface area contributed by atoms with E-state index in [1.165, 1.54) is 10.8 Å². The average Bonchev–Trinajstić information content (AvgIpc) is 3.23. The summed E-state index contributed by atoms with van der Waals surface area (Å²) in [5.41, 5.74) is 6.36. The van der Waals surface area contributed by atoms with Crippen molar-refractivity contribution < 1.29 is 9.15 Å². The van der Waals surface area contributed by atoms with Crippen LogP contribution in [0.1, 0.15) is 16.1 Å². The molecule has 0 saturated carbocycles. The van der Waals surface area contributed by atoms with E-state index in [1.54, 1.807) is 0 Å². The fourth-order valence-electron chi connectivity index (χ4n) is 4.49. The van der Waals surface area contributed by atoms with E-state index in [4.69, 9.17) is 9.15 Å². The van der Waals surface area contributed by atoms with E-state index in [0.717, 1.165) is 49.9 Å². The van der Waals surface area contributed by atoms with Crippen molar-refractivity contribution in [3.63, 3.8) is 0 Å². The van der Waals surface area contributed by atoms with Gasteiger partial charge in [0.25, 0.3) is 0 Å². The Bertz CT molecular complexity index is 1620. The Balaban J connectivity index is 1.32. The number of furan rings is 1. The first kappa shape index (κ1) is 20.1. The van der Waals surface area contributed by atoms with E-state index in [2.05, 4.69) is 108 Å². The third kappa shape index (κ3) is 3.59. The fourth-order valence-corrected chi connectivity index (χ4v) is 5.09. The topological polar surface area (TPSA) is 22.4 Å². The van der Waals surface area contributed by atoms with E-state index >= 15 is 0 Å². The molecule has 0 aliphatic heterocycles. The Hall–Kier alpha value is -3.56. The van der Waals surface area contributed by atoms with Crippen molar-refractivity contribution in [3.8, 4) is 16.9 Å². The number of para-hydroxylation sites is 1. The summed E-state index contributed by atoms with van der Waals surface area (Å²) in [4.78, 5) is 0. The van der Waals surface area contributed by atoms with Crippen LogP contribution in [0.4, 0.5) is 0 Å². The van der Waals surface area contributed by atoms with Gasteiger partial charge in [0, 0.05) is 16.3 Å². The number of benzene rings is 5. The Kier molecular flexibility index (Phi) is 4.92. The average molecular weight is 493 g/mol. The largest absolute Gasteiger partial charge is 0.474 e. The number of aryl methyl sites for hydroxylation is 1. The molecule has 1 unspecified atom stereocenters. The van der Waals surface area contributed by atoms with Gasteiger partial charge in [0.2, 0.25) is 0 Å². The van der Waals surface area contributed by atoms with Gasteiger partial charge in [0.05, 0.1) is 0 Å². The highest BCUT2D eigenvalue weighted by molar-refractivity contribution is 9.09. The van der Waals surface area contributed by atoms with E-state index < -0.39 is 0 Å². The summed E-state index contributed by atoms with van der Waals surface area (Å²) < 4.78 is 12.3. The molecule has 6 aromatic rings. The number of hydrogen-bond donors (Lipinski definition) is 0. The van der Waals surface area contributed by atoms with Crippen LogP contribution in [0.5, 0.6) is 5.75 Å². The summed E-state index contributed by atoms with van der Waals surface area (Å²) >= 11 is 3.75. The molecule has 0 aliphatic carbocycles. The van der Waals surface area contributed by atoms with Gasteiger partial charge in [0.1, 0.15) is 16.9 Å². The first-order valence-corrected chi connectivity index (χ1v) is 11.9. The molecule has 5 aromatic carbocycles. The smallest absolute Gasteiger partial charge is 0.178 e. The number of alkyl halides is 1. The maximum Gasteiger partial charge on any atom is 0.178 e. The lowest BCUT2D eigenvalue weighted by molar-refractivity contribution is 0.301. The molecule has 1 heterocycles. The van der Waals surface area contributed by atoms with Gasteiger partial charge in [-0.25, -0.2) is 0 Å². The molecular formula is C30H21BrO2. The lowest BCUT2D eigenvalue weighted by atomic mass is 10.0. The summed E-state index contributed by atoms with van der Waals surface area (Å²) in [7, 11) is 0. The zero-order valence-electron chi connectivity index (χ0n) is 18.1. The normalized spacial score (nSPS) is 12.4. The van der Waals surface area contributed by atoms with Crippen molar-refractivity contribution in [3.05, 3.63) is 114 Å². The highest BCUT2D eigenvalue weighted by atomic mass is 79.9. The second kappa shape index (κ2) is 8.09. The van der Waals surface area contributed by atoms with Crippen molar-refractivity contribution >= 4 is 48.6 Å². The first-order chi connectivity index (χ1) is 16.2. The van der Waals surface area contributed by atoms with Crippen molar-refractivity contribution in [2.24, 2.45) is 0 Å². The molecule has 1 aromatic heterocycles. The summed E-state index contributed by atoms with van der Waals surface area (Å²) in [6.45, 7) is 2.09. The first-order valence-electron chi connectivity index (χ1n) is 11.0. The van der Waals surface area contributed by atoms with E-state index in [9.17, 15) is 0 Å². The van der Waals surface area contributed by atoms with E-state index in [1.807, 2.05) is 18.2 Å². The van der Waals surface area contributed by atoms with Gasteiger partial charge < -0.3 is 9.15 Å². The number of rotatable bonds is 4. The van der Waals surface area contributed by atoms with Crippen molar-refractivity contribution in [1.29, 1.82) is 0 Å². The van der Waals surface area contributed by atoms with Gasteiger partial charge in [-0.05, 0) is 80.6 Å². The van der Waals surface area contributed by atoms with Crippen molar-refractivity contribution in [2.75, 3.05) is 0 Å². The van der Waals surface area contributed by atoms with Crippen LogP contribution in [0.15, 0.2) is 108 Å². The van der Waals surface area contributed by atoms with Gasteiger partial charge in [0.15, 0.2) is 5.01 Å². The monoisotopic (exact) mass is 492 g/mol. The molecule has 0 saturated heterocycles. The minimum absolute atomic E-state index is 0.234. The summed E-state index contributed by atoms with van der Waals surface area (Å²) in [5.74, 6) is 0.864. The maximum atomic E-state index is 6.35.